The van der Waals surface area contributed by atoms with Crippen molar-refractivity contribution >= 4 is 24.3 Å². The smallest absolute Gasteiger partial charge is 0.335 e. The Labute approximate surface area is 110 Å². The van der Waals surface area contributed by atoms with Crippen molar-refractivity contribution in [2.45, 2.75) is 13.0 Å². The zero-order valence-corrected chi connectivity index (χ0v) is 10.7. The van der Waals surface area contributed by atoms with Crippen LogP contribution in [-0.4, -0.2) is 29.3 Å². The number of benzene rings is 1. The van der Waals surface area contributed by atoms with Gasteiger partial charge in [-0.05, 0) is 24.6 Å². The molecule has 0 radical (unpaired) electrons. The SMILES string of the molecule is COC(=O)[C@@H](N)c1cc(C(=O)O)cc(C)c1O.Cl. The van der Waals surface area contributed by atoms with Crippen LogP contribution in [0.4, 0.5) is 0 Å². The van der Waals surface area contributed by atoms with Crippen molar-refractivity contribution in [2.24, 2.45) is 5.73 Å². The predicted octanol–water partition coefficient (Wildman–Crippen LogP) is 0.993. The number of rotatable bonds is 3. The number of aromatic hydroxyl groups is 1. The lowest BCUT2D eigenvalue weighted by atomic mass is 9.99. The van der Waals surface area contributed by atoms with Crippen LogP contribution < -0.4 is 5.73 Å². The van der Waals surface area contributed by atoms with Crippen LogP contribution in [0.3, 0.4) is 0 Å². The third-order valence-electron chi connectivity index (χ3n) is 2.37. The molecule has 0 saturated heterocycles. The molecule has 1 rings (SSSR count). The van der Waals surface area contributed by atoms with Crippen molar-refractivity contribution in [3.8, 4) is 5.75 Å². The number of nitrogens with two attached hydrogens (primary N) is 1. The number of hydrogen-bond acceptors (Lipinski definition) is 5. The lowest BCUT2D eigenvalue weighted by Crippen LogP contribution is -2.23. The van der Waals surface area contributed by atoms with Gasteiger partial charge in [0, 0.05) is 5.56 Å². The van der Waals surface area contributed by atoms with Crippen LogP contribution in [0.25, 0.3) is 0 Å². The summed E-state index contributed by atoms with van der Waals surface area (Å²) < 4.78 is 4.44. The molecule has 0 heterocycles. The van der Waals surface area contributed by atoms with Crippen LogP contribution in [0.5, 0.6) is 5.75 Å². The molecule has 18 heavy (non-hydrogen) atoms. The van der Waals surface area contributed by atoms with E-state index in [9.17, 15) is 14.7 Å². The maximum absolute atomic E-state index is 11.3. The Morgan fingerprint density at radius 2 is 1.94 bits per heavy atom. The summed E-state index contributed by atoms with van der Waals surface area (Å²) in [4.78, 5) is 22.1. The normalized spacial score (nSPS) is 11.3. The van der Waals surface area contributed by atoms with E-state index < -0.39 is 18.0 Å². The second kappa shape index (κ2) is 6.23. The van der Waals surface area contributed by atoms with Crippen molar-refractivity contribution in [1.29, 1.82) is 0 Å². The van der Waals surface area contributed by atoms with E-state index in [1.807, 2.05) is 0 Å². The Kier molecular flexibility index (Phi) is 5.61. The molecular formula is C11H14ClNO5. The van der Waals surface area contributed by atoms with E-state index in [1.54, 1.807) is 0 Å². The maximum atomic E-state index is 11.3. The van der Waals surface area contributed by atoms with Gasteiger partial charge in [0.05, 0.1) is 12.7 Å². The fourth-order valence-electron chi connectivity index (χ4n) is 1.42. The lowest BCUT2D eigenvalue weighted by Gasteiger charge is -2.13. The fourth-order valence-corrected chi connectivity index (χ4v) is 1.42. The van der Waals surface area contributed by atoms with Gasteiger partial charge in [-0.2, -0.15) is 0 Å². The Morgan fingerprint density at radius 1 is 1.39 bits per heavy atom. The number of carboxylic acids is 1. The first-order valence-corrected chi connectivity index (χ1v) is 4.78. The summed E-state index contributed by atoms with van der Waals surface area (Å²) in [6, 6.07) is 1.25. The highest BCUT2D eigenvalue weighted by atomic mass is 35.5. The third-order valence-corrected chi connectivity index (χ3v) is 2.37. The topological polar surface area (TPSA) is 110 Å². The van der Waals surface area contributed by atoms with Gasteiger partial charge in [-0.1, -0.05) is 0 Å². The van der Waals surface area contributed by atoms with Crippen LogP contribution in [-0.2, 0) is 9.53 Å². The number of halogens is 1. The van der Waals surface area contributed by atoms with E-state index in [0.29, 0.717) is 5.56 Å². The van der Waals surface area contributed by atoms with E-state index >= 15 is 0 Å². The third kappa shape index (κ3) is 3.12. The minimum atomic E-state index is -1.21. The first-order valence-electron chi connectivity index (χ1n) is 4.78. The number of carbonyl (C=O) groups is 2. The Hall–Kier alpha value is -1.79. The van der Waals surface area contributed by atoms with Crippen molar-refractivity contribution in [2.75, 3.05) is 7.11 Å². The molecule has 0 saturated carbocycles. The minimum absolute atomic E-state index is 0. The van der Waals surface area contributed by atoms with Crippen molar-refractivity contribution in [1.82, 2.24) is 0 Å². The number of aromatic carboxylic acids is 1. The fraction of sp³-hybridized carbons (Fsp3) is 0.273. The van der Waals surface area contributed by atoms with Gasteiger partial charge in [0.1, 0.15) is 11.8 Å². The average Bonchev–Trinajstić information content (AvgIpc) is 2.30. The molecule has 0 spiro atoms. The van der Waals surface area contributed by atoms with Gasteiger partial charge in [-0.3, -0.25) is 4.79 Å². The van der Waals surface area contributed by atoms with Gasteiger partial charge in [0.2, 0.25) is 0 Å². The molecule has 0 bridgehead atoms. The van der Waals surface area contributed by atoms with E-state index in [4.69, 9.17) is 10.8 Å². The number of esters is 1. The zero-order chi connectivity index (χ0) is 13.2. The molecule has 4 N–H and O–H groups in total. The van der Waals surface area contributed by atoms with Gasteiger partial charge in [0.15, 0.2) is 0 Å². The number of hydrogen-bond donors (Lipinski definition) is 3. The summed E-state index contributed by atoms with van der Waals surface area (Å²) in [5, 5.41) is 18.6. The van der Waals surface area contributed by atoms with Crippen LogP contribution in [0.1, 0.15) is 27.5 Å². The number of carbonyl (C=O) groups excluding carboxylic acids is 1. The predicted molar refractivity (Wildman–Crippen MR) is 66.0 cm³/mol. The van der Waals surface area contributed by atoms with E-state index in [-0.39, 0.29) is 29.3 Å². The Balaban J connectivity index is 0.00000289. The van der Waals surface area contributed by atoms with Gasteiger partial charge in [-0.15, -0.1) is 12.4 Å². The summed E-state index contributed by atoms with van der Waals surface area (Å²) in [5.74, 6) is -2.11. The van der Waals surface area contributed by atoms with Gasteiger partial charge in [0.25, 0.3) is 0 Å². The number of carboxylic acid groups (broad SMARTS) is 1. The number of methoxy groups -OCH3 is 1. The molecule has 0 aliphatic carbocycles. The van der Waals surface area contributed by atoms with Crippen LogP contribution in [0, 0.1) is 6.92 Å². The van der Waals surface area contributed by atoms with E-state index in [1.165, 1.54) is 13.0 Å². The zero-order valence-electron chi connectivity index (χ0n) is 9.84. The number of ether oxygens (including phenoxy) is 1. The summed E-state index contributed by atoms with van der Waals surface area (Å²) in [6.07, 6.45) is 0. The van der Waals surface area contributed by atoms with E-state index in [0.717, 1.165) is 13.2 Å². The van der Waals surface area contributed by atoms with Crippen LogP contribution in [0.2, 0.25) is 0 Å². The van der Waals surface area contributed by atoms with Gasteiger partial charge < -0.3 is 20.7 Å². The monoisotopic (exact) mass is 275 g/mol. The molecule has 1 atom stereocenters. The molecule has 0 fully saturated rings. The molecule has 6 nitrogen and oxygen atoms in total. The highest BCUT2D eigenvalue weighted by Gasteiger charge is 2.22. The summed E-state index contributed by atoms with van der Waals surface area (Å²) in [7, 11) is 1.16. The molecule has 7 heteroatoms. The van der Waals surface area contributed by atoms with Crippen molar-refractivity contribution < 1.29 is 24.5 Å². The number of aryl methyl sites for hydroxylation is 1. The molecule has 0 amide bonds. The quantitative estimate of drug-likeness (QED) is 0.710. The number of phenols is 1. The maximum Gasteiger partial charge on any atom is 0.335 e. The molecule has 0 aliphatic heterocycles. The summed E-state index contributed by atoms with van der Waals surface area (Å²) in [5.41, 5.74) is 5.88. The lowest BCUT2D eigenvalue weighted by molar-refractivity contribution is -0.142. The first kappa shape index (κ1) is 16.2. The van der Waals surface area contributed by atoms with Crippen molar-refractivity contribution in [3.05, 3.63) is 28.8 Å². The Bertz CT molecular complexity index is 475. The molecule has 1 aromatic carbocycles. The molecule has 0 aromatic heterocycles. The molecular weight excluding hydrogens is 262 g/mol. The highest BCUT2D eigenvalue weighted by molar-refractivity contribution is 5.89. The van der Waals surface area contributed by atoms with Gasteiger partial charge in [-0.25, -0.2) is 4.79 Å². The van der Waals surface area contributed by atoms with Crippen LogP contribution in [0.15, 0.2) is 12.1 Å². The van der Waals surface area contributed by atoms with Crippen molar-refractivity contribution in [3.63, 3.8) is 0 Å². The minimum Gasteiger partial charge on any atom is -0.507 e. The second-order valence-corrected chi connectivity index (χ2v) is 3.54. The summed E-state index contributed by atoms with van der Waals surface area (Å²) in [6.45, 7) is 1.52. The largest absolute Gasteiger partial charge is 0.507 e. The highest BCUT2D eigenvalue weighted by Crippen LogP contribution is 2.28. The Morgan fingerprint density at radius 3 is 2.39 bits per heavy atom. The summed E-state index contributed by atoms with van der Waals surface area (Å²) >= 11 is 0. The average molecular weight is 276 g/mol. The van der Waals surface area contributed by atoms with Crippen LogP contribution >= 0.6 is 12.4 Å². The van der Waals surface area contributed by atoms with E-state index in [2.05, 4.69) is 4.74 Å². The molecule has 0 unspecified atom stereocenters. The molecule has 0 aliphatic rings. The first-order chi connectivity index (χ1) is 7.88. The second-order valence-electron chi connectivity index (χ2n) is 3.54. The standard InChI is InChI=1S/C11H13NO5.ClH/c1-5-3-6(10(14)15)4-7(9(5)13)8(12)11(16)17-2;/h3-4,8,13H,12H2,1-2H3,(H,14,15);1H/t8-;/m0./s1. The van der Waals surface area contributed by atoms with Gasteiger partial charge >= 0.3 is 11.9 Å². The molecule has 100 valence electrons. The number of phenolic OH excluding ortho intramolecular Hbond substituents is 1. The molecule has 1 aromatic rings.